The number of halogens is 3. The Bertz CT molecular complexity index is 1110. The Labute approximate surface area is 162 Å². The number of fused-ring (bicyclic) bond motifs is 1. The van der Waals surface area contributed by atoms with Crippen molar-refractivity contribution in [2.45, 2.75) is 12.9 Å². The van der Waals surface area contributed by atoms with E-state index in [-0.39, 0.29) is 12.3 Å². The molecule has 0 unspecified atom stereocenters. The highest BCUT2D eigenvalue weighted by atomic mass is 19.4. The summed E-state index contributed by atoms with van der Waals surface area (Å²) in [4.78, 5) is 8.25. The van der Waals surface area contributed by atoms with Gasteiger partial charge in [0, 0.05) is 12.4 Å². The van der Waals surface area contributed by atoms with E-state index in [0.29, 0.717) is 28.2 Å². The van der Waals surface area contributed by atoms with Crippen LogP contribution in [0.5, 0.6) is 5.75 Å². The number of ether oxygens (including phenoxy) is 1. The average Bonchev–Trinajstić information content (AvgIpc) is 3.11. The summed E-state index contributed by atoms with van der Waals surface area (Å²) in [6, 6.07) is 12.6. The highest BCUT2D eigenvalue weighted by Crippen LogP contribution is 2.32. The third kappa shape index (κ3) is 4.27. The lowest BCUT2D eigenvalue weighted by atomic mass is 10.0. The van der Waals surface area contributed by atoms with E-state index in [4.69, 9.17) is 10.4 Å². The third-order valence-electron chi connectivity index (χ3n) is 4.08. The molecule has 4 aromatic rings. The van der Waals surface area contributed by atoms with E-state index in [0.717, 1.165) is 5.56 Å². The van der Waals surface area contributed by atoms with Crippen LogP contribution in [-0.2, 0) is 6.54 Å². The van der Waals surface area contributed by atoms with Crippen molar-refractivity contribution in [3.05, 3.63) is 66.7 Å². The maximum Gasteiger partial charge on any atom is 0.573 e. The molecule has 2 N–H and O–H groups in total. The number of hydrazine groups is 1. The van der Waals surface area contributed by atoms with Crippen LogP contribution in [0.4, 0.5) is 19.0 Å². The standard InChI is InChI=1S/C19H14F3N5O2/c20-19(21,22)28-14-5-2-12(3-6-14)13-4-7-16-15(10-13)18(26-29-16)27(23)11-17-24-8-1-9-25-17/h1-10H,11,23H2. The predicted octanol–water partition coefficient (Wildman–Crippen LogP) is 4.06. The van der Waals surface area contributed by atoms with Gasteiger partial charge in [-0.05, 0) is 41.5 Å². The van der Waals surface area contributed by atoms with Crippen LogP contribution in [0, 0.1) is 0 Å². The fourth-order valence-electron chi connectivity index (χ4n) is 2.80. The molecule has 0 atom stereocenters. The number of nitrogens with zero attached hydrogens (tertiary/aromatic N) is 4. The van der Waals surface area contributed by atoms with Gasteiger partial charge in [-0.15, -0.1) is 13.2 Å². The normalized spacial score (nSPS) is 11.6. The number of hydrogen-bond acceptors (Lipinski definition) is 7. The smallest absolute Gasteiger partial charge is 0.406 e. The predicted molar refractivity (Wildman–Crippen MR) is 98.5 cm³/mol. The minimum atomic E-state index is -4.73. The Morgan fingerprint density at radius 3 is 2.38 bits per heavy atom. The maximum atomic E-state index is 12.3. The molecular weight excluding hydrogens is 387 g/mol. The number of rotatable bonds is 5. The molecule has 0 radical (unpaired) electrons. The molecule has 0 fully saturated rings. The van der Waals surface area contributed by atoms with Gasteiger partial charge in [-0.3, -0.25) is 5.01 Å². The molecule has 0 amide bonds. The summed E-state index contributed by atoms with van der Waals surface area (Å²) < 4.78 is 46.2. The van der Waals surface area contributed by atoms with E-state index in [1.54, 1.807) is 36.7 Å². The molecule has 0 aliphatic heterocycles. The van der Waals surface area contributed by atoms with Crippen LogP contribution in [0.3, 0.4) is 0 Å². The number of nitrogens with two attached hydrogens (primary N) is 1. The largest absolute Gasteiger partial charge is 0.573 e. The molecule has 2 aromatic heterocycles. The second-order valence-electron chi connectivity index (χ2n) is 6.08. The first-order valence-electron chi connectivity index (χ1n) is 8.43. The summed E-state index contributed by atoms with van der Waals surface area (Å²) in [7, 11) is 0. The van der Waals surface area contributed by atoms with Crippen LogP contribution >= 0.6 is 0 Å². The van der Waals surface area contributed by atoms with Gasteiger partial charge in [-0.1, -0.05) is 23.4 Å². The molecule has 0 bridgehead atoms. The van der Waals surface area contributed by atoms with Gasteiger partial charge in [0.25, 0.3) is 0 Å². The van der Waals surface area contributed by atoms with Gasteiger partial charge in [0.05, 0.1) is 11.9 Å². The first kappa shape index (κ1) is 18.7. The van der Waals surface area contributed by atoms with Crippen LogP contribution in [0.25, 0.3) is 22.1 Å². The Kier molecular flexibility index (Phi) is 4.77. The Balaban J connectivity index is 1.61. The van der Waals surface area contributed by atoms with Crippen LogP contribution in [0.2, 0.25) is 0 Å². The fraction of sp³-hybridized carbons (Fsp3) is 0.105. The molecule has 0 aliphatic rings. The molecule has 7 nitrogen and oxygen atoms in total. The lowest BCUT2D eigenvalue weighted by Crippen LogP contribution is -2.31. The Hall–Kier alpha value is -3.66. The number of anilines is 1. The Morgan fingerprint density at radius 1 is 1.00 bits per heavy atom. The zero-order chi connectivity index (χ0) is 20.4. The van der Waals surface area contributed by atoms with E-state index in [1.165, 1.54) is 29.3 Å². The molecular formula is C19H14F3N5O2. The average molecular weight is 401 g/mol. The van der Waals surface area contributed by atoms with Gasteiger partial charge in [-0.2, -0.15) is 0 Å². The summed E-state index contributed by atoms with van der Waals surface area (Å²) in [5.41, 5.74) is 1.97. The number of hydrogen-bond donors (Lipinski definition) is 1. The summed E-state index contributed by atoms with van der Waals surface area (Å²) in [5.74, 6) is 6.74. The van der Waals surface area contributed by atoms with Gasteiger partial charge in [0.2, 0.25) is 0 Å². The van der Waals surface area contributed by atoms with Crippen LogP contribution in [0.1, 0.15) is 5.82 Å². The van der Waals surface area contributed by atoms with Crippen molar-refractivity contribution in [3.8, 4) is 16.9 Å². The molecule has 2 aromatic carbocycles. The van der Waals surface area contributed by atoms with E-state index < -0.39 is 6.36 Å². The molecule has 10 heteroatoms. The van der Waals surface area contributed by atoms with E-state index >= 15 is 0 Å². The fourth-order valence-corrected chi connectivity index (χ4v) is 2.80. The van der Waals surface area contributed by atoms with Crippen molar-refractivity contribution in [3.63, 3.8) is 0 Å². The van der Waals surface area contributed by atoms with Gasteiger partial charge in [-0.25, -0.2) is 15.8 Å². The highest BCUT2D eigenvalue weighted by molar-refractivity contribution is 5.92. The van der Waals surface area contributed by atoms with Crippen LogP contribution in [0.15, 0.2) is 65.4 Å². The van der Waals surface area contributed by atoms with Crippen molar-refractivity contribution in [1.82, 2.24) is 15.1 Å². The lowest BCUT2D eigenvalue weighted by molar-refractivity contribution is -0.274. The van der Waals surface area contributed by atoms with Crippen LogP contribution < -0.4 is 15.6 Å². The minimum Gasteiger partial charge on any atom is -0.406 e. The van der Waals surface area contributed by atoms with Gasteiger partial charge in [0.15, 0.2) is 11.4 Å². The zero-order valence-corrected chi connectivity index (χ0v) is 14.8. The van der Waals surface area contributed by atoms with Gasteiger partial charge in [0.1, 0.15) is 11.6 Å². The van der Waals surface area contributed by atoms with Gasteiger partial charge < -0.3 is 9.26 Å². The Morgan fingerprint density at radius 2 is 1.69 bits per heavy atom. The SMILES string of the molecule is NN(Cc1ncccn1)c1noc2ccc(-c3ccc(OC(F)(F)F)cc3)cc12. The van der Waals surface area contributed by atoms with E-state index in [9.17, 15) is 13.2 Å². The van der Waals surface area contributed by atoms with E-state index in [2.05, 4.69) is 19.9 Å². The quantitative estimate of drug-likeness (QED) is 0.398. The first-order chi connectivity index (χ1) is 13.9. The minimum absolute atomic E-state index is 0.218. The monoisotopic (exact) mass is 401 g/mol. The second kappa shape index (κ2) is 7.40. The molecule has 0 saturated carbocycles. The summed E-state index contributed by atoms with van der Waals surface area (Å²) in [6.45, 7) is 0.218. The molecule has 148 valence electrons. The van der Waals surface area contributed by atoms with Crippen molar-refractivity contribution >= 4 is 16.8 Å². The van der Waals surface area contributed by atoms with Crippen molar-refractivity contribution in [2.75, 3.05) is 5.01 Å². The summed E-state index contributed by atoms with van der Waals surface area (Å²) >= 11 is 0. The third-order valence-corrected chi connectivity index (χ3v) is 4.08. The van der Waals surface area contributed by atoms with Crippen molar-refractivity contribution < 1.29 is 22.4 Å². The number of alkyl halides is 3. The second-order valence-corrected chi connectivity index (χ2v) is 6.08. The summed E-state index contributed by atoms with van der Waals surface area (Å²) in [5, 5.41) is 6.02. The topological polar surface area (TPSA) is 90.3 Å². The van der Waals surface area contributed by atoms with Crippen molar-refractivity contribution in [1.29, 1.82) is 0 Å². The van der Waals surface area contributed by atoms with E-state index in [1.807, 2.05) is 0 Å². The number of aromatic nitrogens is 3. The highest BCUT2D eigenvalue weighted by Gasteiger charge is 2.31. The number of benzene rings is 2. The molecule has 29 heavy (non-hydrogen) atoms. The maximum absolute atomic E-state index is 12.3. The summed E-state index contributed by atoms with van der Waals surface area (Å²) in [6.07, 6.45) is -1.51. The first-order valence-corrected chi connectivity index (χ1v) is 8.43. The molecule has 0 saturated heterocycles. The molecule has 2 heterocycles. The zero-order valence-electron chi connectivity index (χ0n) is 14.8. The van der Waals surface area contributed by atoms with Crippen molar-refractivity contribution in [2.24, 2.45) is 5.84 Å². The molecule has 4 rings (SSSR count). The lowest BCUT2D eigenvalue weighted by Gasteiger charge is -2.14. The van der Waals surface area contributed by atoms with Crippen LogP contribution in [-0.4, -0.2) is 21.5 Å². The molecule has 0 spiro atoms. The van der Waals surface area contributed by atoms with Gasteiger partial charge >= 0.3 is 6.36 Å². The molecule has 0 aliphatic carbocycles.